The molecule has 13 aromatic carbocycles. The minimum atomic E-state index is 0.527. The summed E-state index contributed by atoms with van der Waals surface area (Å²) in [5, 5.41) is 16.4. The molecule has 0 radical (unpaired) electrons. The molecular weight excluding hydrogens is 1140 g/mol. The SMILES string of the molecule is c1ccc(-c2ccc3oc4nc(-c5ccccc5)c(-n5c6cc7ccccc7cc6c6cc7ccccc7cc65)nc4c3c2)cc1.c1ccc(-c2nc3sc4cc(-c5ccccn5)ccc4c3nc2-n2c3cc4ccccc4cc3c3ccc4ccccc4c32)cc1. The molecule has 7 aromatic heterocycles. The molecule has 92 heavy (non-hydrogen) atoms. The average Bonchev–Trinajstić information content (AvgIpc) is 1.56. The van der Waals surface area contributed by atoms with E-state index in [0.717, 1.165) is 116 Å². The number of fused-ring (bicyclic) bond motifs is 17. The normalized spacial score (nSPS) is 11.9. The third-order valence-electron chi connectivity index (χ3n) is 18.2. The average molecular weight is 1190 g/mol. The van der Waals surface area contributed by atoms with Crippen molar-refractivity contribution < 1.29 is 4.42 Å². The second kappa shape index (κ2) is 20.7. The van der Waals surface area contributed by atoms with Gasteiger partial charge < -0.3 is 4.42 Å². The van der Waals surface area contributed by atoms with Gasteiger partial charge in [-0.15, -0.1) is 11.3 Å². The molecule has 0 fully saturated rings. The molecule has 0 aliphatic rings. The fourth-order valence-corrected chi connectivity index (χ4v) is 14.9. The Labute approximate surface area is 529 Å². The first-order valence-electron chi connectivity index (χ1n) is 30.9. The van der Waals surface area contributed by atoms with Gasteiger partial charge in [-0.2, -0.15) is 0 Å². The van der Waals surface area contributed by atoms with Gasteiger partial charge in [0.15, 0.2) is 11.6 Å². The zero-order valence-corrected chi connectivity index (χ0v) is 50.1. The fraction of sp³-hybridized carbons (Fsp3) is 0. The third kappa shape index (κ3) is 8.33. The van der Waals surface area contributed by atoms with Crippen molar-refractivity contribution in [3.63, 3.8) is 0 Å². The van der Waals surface area contributed by atoms with E-state index in [-0.39, 0.29) is 0 Å². The van der Waals surface area contributed by atoms with Crippen molar-refractivity contribution in [3.05, 3.63) is 297 Å². The summed E-state index contributed by atoms with van der Waals surface area (Å²) in [4.78, 5) is 27.2. The largest absolute Gasteiger partial charge is 0.436 e. The fourth-order valence-electron chi connectivity index (χ4n) is 13.8. The van der Waals surface area contributed by atoms with Crippen molar-refractivity contribution in [2.24, 2.45) is 0 Å². The third-order valence-corrected chi connectivity index (χ3v) is 19.2. The van der Waals surface area contributed by atoms with Crippen molar-refractivity contribution in [2.75, 3.05) is 0 Å². The molecule has 20 rings (SSSR count). The summed E-state index contributed by atoms with van der Waals surface area (Å²) in [6.45, 7) is 0. The number of nitrogens with zero attached hydrogens (tertiary/aromatic N) is 7. The number of thiophene rings is 1. The zero-order chi connectivity index (χ0) is 60.4. The molecule has 0 bridgehead atoms. The van der Waals surface area contributed by atoms with Gasteiger partial charge in [0.05, 0.1) is 27.8 Å². The highest BCUT2D eigenvalue weighted by atomic mass is 32.1. The molecule has 0 unspecified atom stereocenters. The van der Waals surface area contributed by atoms with Gasteiger partial charge in [0, 0.05) is 65.3 Å². The lowest BCUT2D eigenvalue weighted by Gasteiger charge is -2.14. The Bertz CT molecular complexity index is 6280. The summed E-state index contributed by atoms with van der Waals surface area (Å²) in [5.74, 6) is 1.61. The Morgan fingerprint density at radius 2 is 0.804 bits per heavy atom. The van der Waals surface area contributed by atoms with Gasteiger partial charge in [0.25, 0.3) is 0 Å². The van der Waals surface area contributed by atoms with Gasteiger partial charge in [0.2, 0.25) is 5.71 Å². The molecule has 0 saturated carbocycles. The highest BCUT2D eigenvalue weighted by molar-refractivity contribution is 7.25. The van der Waals surface area contributed by atoms with Gasteiger partial charge in [0.1, 0.15) is 32.8 Å². The lowest BCUT2D eigenvalue weighted by atomic mass is 10.0. The van der Waals surface area contributed by atoms with Crippen LogP contribution < -0.4 is 0 Å². The molecule has 0 spiro atoms. The van der Waals surface area contributed by atoms with E-state index in [0.29, 0.717) is 5.71 Å². The summed E-state index contributed by atoms with van der Waals surface area (Å²) < 4.78 is 12.2. The maximum Gasteiger partial charge on any atom is 0.247 e. The van der Waals surface area contributed by atoms with Crippen LogP contribution in [0.4, 0.5) is 0 Å². The monoisotopic (exact) mass is 1190 g/mol. The topological polar surface area (TPSA) is 87.4 Å². The number of aromatic nitrogens is 7. The van der Waals surface area contributed by atoms with E-state index in [4.69, 9.17) is 24.4 Å². The van der Waals surface area contributed by atoms with Crippen molar-refractivity contribution in [3.8, 4) is 56.5 Å². The van der Waals surface area contributed by atoms with Gasteiger partial charge in [-0.3, -0.25) is 14.1 Å². The van der Waals surface area contributed by atoms with Crippen molar-refractivity contribution in [2.45, 2.75) is 0 Å². The van der Waals surface area contributed by atoms with Crippen LogP contribution in [0, 0.1) is 0 Å². The maximum atomic E-state index is 6.39. The number of hydrogen-bond acceptors (Lipinski definition) is 7. The lowest BCUT2D eigenvalue weighted by molar-refractivity contribution is 0.653. The summed E-state index contributed by atoms with van der Waals surface area (Å²) in [7, 11) is 0. The molecule has 8 nitrogen and oxygen atoms in total. The first-order chi connectivity index (χ1) is 45.6. The second-order valence-corrected chi connectivity index (χ2v) is 24.6. The van der Waals surface area contributed by atoms with E-state index in [1.54, 1.807) is 11.3 Å². The van der Waals surface area contributed by atoms with E-state index in [1.807, 2.05) is 60.8 Å². The quantitative estimate of drug-likeness (QED) is 0.165. The number of rotatable bonds is 6. The van der Waals surface area contributed by atoms with Crippen LogP contribution in [-0.2, 0) is 0 Å². The molecular formula is C83H49N7OS. The van der Waals surface area contributed by atoms with Crippen molar-refractivity contribution in [1.82, 2.24) is 34.1 Å². The minimum absolute atomic E-state index is 0.527. The number of hydrogen-bond donors (Lipinski definition) is 0. The smallest absolute Gasteiger partial charge is 0.247 e. The highest BCUT2D eigenvalue weighted by Gasteiger charge is 2.26. The molecule has 0 amide bonds. The van der Waals surface area contributed by atoms with Crippen LogP contribution in [0.2, 0.25) is 0 Å². The molecule has 0 aliphatic carbocycles. The van der Waals surface area contributed by atoms with Gasteiger partial charge in [-0.1, -0.05) is 224 Å². The molecule has 428 valence electrons. The molecule has 7 heterocycles. The van der Waals surface area contributed by atoms with E-state index < -0.39 is 0 Å². The van der Waals surface area contributed by atoms with Crippen molar-refractivity contribution >= 4 is 141 Å². The Morgan fingerprint density at radius 1 is 0.304 bits per heavy atom. The first-order valence-corrected chi connectivity index (χ1v) is 31.7. The van der Waals surface area contributed by atoms with Crippen LogP contribution in [0.15, 0.2) is 302 Å². The molecule has 0 atom stereocenters. The number of benzene rings is 13. The first kappa shape index (κ1) is 51.8. The van der Waals surface area contributed by atoms with Gasteiger partial charge in [-0.25, -0.2) is 19.9 Å². The Hall–Kier alpha value is -12.2. The predicted octanol–water partition coefficient (Wildman–Crippen LogP) is 22.1. The van der Waals surface area contributed by atoms with Gasteiger partial charge in [-0.05, 0) is 116 Å². The van der Waals surface area contributed by atoms with E-state index >= 15 is 0 Å². The predicted molar refractivity (Wildman–Crippen MR) is 382 cm³/mol. The van der Waals surface area contributed by atoms with Crippen LogP contribution in [0.5, 0.6) is 0 Å². The lowest BCUT2D eigenvalue weighted by Crippen LogP contribution is -2.03. The summed E-state index contributed by atoms with van der Waals surface area (Å²) >= 11 is 1.69. The summed E-state index contributed by atoms with van der Waals surface area (Å²) in [6, 6.07) is 103. The Morgan fingerprint density at radius 3 is 1.42 bits per heavy atom. The minimum Gasteiger partial charge on any atom is -0.436 e. The van der Waals surface area contributed by atoms with Crippen LogP contribution in [0.25, 0.3) is 186 Å². The molecule has 9 heteroatoms. The zero-order valence-electron chi connectivity index (χ0n) is 49.2. The Kier molecular flexibility index (Phi) is 11.7. The molecule has 0 N–H and O–H groups in total. The maximum absolute atomic E-state index is 6.39. The second-order valence-electron chi connectivity index (χ2n) is 23.5. The molecule has 0 aliphatic heterocycles. The van der Waals surface area contributed by atoms with Crippen LogP contribution in [0.1, 0.15) is 0 Å². The number of furan rings is 1. The molecule has 0 saturated heterocycles. The van der Waals surface area contributed by atoms with Crippen LogP contribution >= 0.6 is 11.3 Å². The van der Waals surface area contributed by atoms with E-state index in [2.05, 4.69) is 251 Å². The van der Waals surface area contributed by atoms with Crippen LogP contribution in [0.3, 0.4) is 0 Å². The standard InChI is InChI=1S/C42H25N3O.C41H24N4S/c1-3-11-26(12-4-1)32-19-20-38-35(23-32)40-42(46-38)44-39(27-13-5-2-6-14-27)41(43-40)45-36-24-30-17-9-7-15-28(30)21-33(36)34-22-29-16-8-10-18-31(29)25-37(34)45;1-2-11-26(12-3-1)37-40(43-38-32-20-18-29(34-16-8-9-21-42-34)24-36(32)46-41(38)44-37)45-35-23-28-14-5-4-13-27(28)22-33(35)31-19-17-25-10-6-7-15-30(25)39(31)45/h1-25H;1-24H. The van der Waals surface area contributed by atoms with Crippen molar-refractivity contribution in [1.29, 1.82) is 0 Å². The Balaban J connectivity index is 0.000000132. The highest BCUT2D eigenvalue weighted by Crippen LogP contribution is 2.45. The van der Waals surface area contributed by atoms with Crippen LogP contribution in [-0.4, -0.2) is 34.1 Å². The van der Waals surface area contributed by atoms with E-state index in [1.165, 1.54) is 64.6 Å². The summed E-state index contributed by atoms with van der Waals surface area (Å²) in [6.07, 6.45) is 1.84. The summed E-state index contributed by atoms with van der Waals surface area (Å²) in [5.41, 5.74) is 15.4. The van der Waals surface area contributed by atoms with Gasteiger partial charge >= 0.3 is 0 Å². The number of pyridine rings is 1. The molecule has 20 aromatic rings. The van der Waals surface area contributed by atoms with E-state index in [9.17, 15) is 0 Å².